The highest BCUT2D eigenvalue weighted by atomic mass is 35.5. The van der Waals surface area contributed by atoms with Crippen molar-refractivity contribution in [3.63, 3.8) is 0 Å². The number of nitrogens with zero attached hydrogens (tertiary/aromatic N) is 4. The van der Waals surface area contributed by atoms with E-state index in [-0.39, 0.29) is 13.2 Å². The zero-order valence-electron chi connectivity index (χ0n) is 19.4. The van der Waals surface area contributed by atoms with Crippen molar-refractivity contribution in [1.82, 2.24) is 20.4 Å². The third kappa shape index (κ3) is 4.70. The number of benzene rings is 1. The molecular weight excluding hydrogens is 462 g/mol. The molecule has 0 unspecified atom stereocenters. The molecule has 0 spiro atoms. The summed E-state index contributed by atoms with van der Waals surface area (Å²) in [5.41, 5.74) is 3.19. The standard InChI is InChI=1S/C23H26ClN5O5/c1-12-20(19-13(2)28-34-14(19)3)26-21(27-22(12)29-7-8-32-23(29)31)17-9-16(5-6-18(17)24)33-11-15(30)10-25-4/h5-6,9,15,25,30H,7-8,10-11H2,1-4H3/t15-/m1/s1. The van der Waals surface area contributed by atoms with Crippen LogP contribution in [0.5, 0.6) is 5.75 Å². The Labute approximate surface area is 201 Å². The van der Waals surface area contributed by atoms with Gasteiger partial charge in [-0.2, -0.15) is 0 Å². The van der Waals surface area contributed by atoms with Gasteiger partial charge < -0.3 is 24.4 Å². The Kier molecular flexibility index (Phi) is 7.01. The number of ether oxygens (including phenoxy) is 2. The molecule has 2 N–H and O–H groups in total. The molecular formula is C23H26ClN5O5. The number of aromatic nitrogens is 3. The number of anilines is 1. The maximum atomic E-state index is 12.4. The minimum absolute atomic E-state index is 0.103. The second kappa shape index (κ2) is 9.96. The van der Waals surface area contributed by atoms with Gasteiger partial charge in [0.05, 0.1) is 28.5 Å². The molecule has 11 heteroatoms. The normalized spacial score (nSPS) is 14.4. The molecule has 1 aromatic carbocycles. The second-order valence-corrected chi connectivity index (χ2v) is 8.38. The lowest BCUT2D eigenvalue weighted by atomic mass is 10.0. The molecule has 34 heavy (non-hydrogen) atoms. The van der Waals surface area contributed by atoms with E-state index >= 15 is 0 Å². The first-order valence-electron chi connectivity index (χ1n) is 10.8. The van der Waals surface area contributed by atoms with Crippen molar-refractivity contribution in [2.75, 3.05) is 38.3 Å². The highest BCUT2D eigenvalue weighted by Gasteiger charge is 2.30. The summed E-state index contributed by atoms with van der Waals surface area (Å²) in [4.78, 5) is 23.3. The molecule has 180 valence electrons. The topological polar surface area (TPSA) is 123 Å². The van der Waals surface area contributed by atoms with Crippen molar-refractivity contribution in [3.8, 4) is 28.4 Å². The van der Waals surface area contributed by atoms with Crippen LogP contribution in [0.4, 0.5) is 10.6 Å². The van der Waals surface area contributed by atoms with Crippen LogP contribution in [-0.2, 0) is 4.74 Å². The monoisotopic (exact) mass is 487 g/mol. The lowest BCUT2D eigenvalue weighted by Gasteiger charge is -2.19. The van der Waals surface area contributed by atoms with Gasteiger partial charge in [0, 0.05) is 17.7 Å². The SMILES string of the molecule is CNC[C@@H](O)COc1ccc(Cl)c(-c2nc(-c3c(C)noc3C)c(C)c(N3CCOC3=O)n2)c1. The van der Waals surface area contributed by atoms with E-state index < -0.39 is 12.2 Å². The number of hydrogen-bond donors (Lipinski definition) is 2. The van der Waals surface area contributed by atoms with E-state index in [2.05, 4.69) is 10.5 Å². The fourth-order valence-electron chi connectivity index (χ4n) is 3.79. The van der Waals surface area contributed by atoms with Gasteiger partial charge in [0.15, 0.2) is 5.82 Å². The number of carbonyl (C=O) groups excluding carboxylic acids is 1. The fourth-order valence-corrected chi connectivity index (χ4v) is 3.99. The molecule has 3 aromatic rings. The van der Waals surface area contributed by atoms with Gasteiger partial charge in [0.25, 0.3) is 0 Å². The van der Waals surface area contributed by atoms with Crippen LogP contribution in [0.3, 0.4) is 0 Å². The van der Waals surface area contributed by atoms with E-state index in [0.717, 1.165) is 5.56 Å². The van der Waals surface area contributed by atoms with E-state index in [1.165, 1.54) is 4.90 Å². The molecule has 1 saturated heterocycles. The maximum absolute atomic E-state index is 12.4. The number of rotatable bonds is 8. The molecule has 0 saturated carbocycles. The molecule has 3 heterocycles. The van der Waals surface area contributed by atoms with Gasteiger partial charge >= 0.3 is 6.09 Å². The van der Waals surface area contributed by atoms with Gasteiger partial charge in [-0.1, -0.05) is 16.8 Å². The summed E-state index contributed by atoms with van der Waals surface area (Å²) in [5.74, 6) is 1.83. The van der Waals surface area contributed by atoms with Gasteiger partial charge in [-0.3, -0.25) is 4.90 Å². The number of aliphatic hydroxyl groups is 1. The predicted molar refractivity (Wildman–Crippen MR) is 126 cm³/mol. The van der Waals surface area contributed by atoms with Gasteiger partial charge in [0.2, 0.25) is 0 Å². The highest BCUT2D eigenvalue weighted by Crippen LogP contribution is 2.37. The summed E-state index contributed by atoms with van der Waals surface area (Å²) in [7, 11) is 1.75. The molecule has 10 nitrogen and oxygen atoms in total. The van der Waals surface area contributed by atoms with Crippen LogP contribution in [0, 0.1) is 20.8 Å². The van der Waals surface area contributed by atoms with Crippen LogP contribution in [0.1, 0.15) is 17.0 Å². The smallest absolute Gasteiger partial charge is 0.415 e. The second-order valence-electron chi connectivity index (χ2n) is 7.97. The third-order valence-corrected chi connectivity index (χ3v) is 5.80. The Morgan fingerprint density at radius 3 is 2.74 bits per heavy atom. The summed E-state index contributed by atoms with van der Waals surface area (Å²) in [6.07, 6.45) is -1.14. The van der Waals surface area contributed by atoms with Crippen LogP contribution in [-0.4, -0.2) is 65.8 Å². The van der Waals surface area contributed by atoms with E-state index in [4.69, 9.17) is 35.6 Å². The Bertz CT molecular complexity index is 1200. The number of nitrogens with one attached hydrogen (secondary N) is 1. The number of halogens is 1. The van der Waals surface area contributed by atoms with Crippen LogP contribution in [0.25, 0.3) is 22.6 Å². The van der Waals surface area contributed by atoms with E-state index in [1.807, 2.05) is 13.8 Å². The maximum Gasteiger partial charge on any atom is 0.415 e. The van der Waals surface area contributed by atoms with Gasteiger partial charge in [-0.25, -0.2) is 14.8 Å². The lowest BCUT2D eigenvalue weighted by molar-refractivity contribution is 0.108. The number of likely N-dealkylation sites (N-methyl/N-ethyl adjacent to an activating group) is 1. The summed E-state index contributed by atoms with van der Waals surface area (Å²) >= 11 is 6.53. The number of hydrogen-bond acceptors (Lipinski definition) is 9. The van der Waals surface area contributed by atoms with Crippen molar-refractivity contribution < 1.29 is 23.9 Å². The average Bonchev–Trinajstić information content (AvgIpc) is 3.38. The summed E-state index contributed by atoms with van der Waals surface area (Å²) < 4.78 is 16.2. The van der Waals surface area contributed by atoms with Crippen LogP contribution >= 0.6 is 11.6 Å². The molecule has 0 aliphatic carbocycles. The van der Waals surface area contributed by atoms with Gasteiger partial charge in [0.1, 0.15) is 36.6 Å². The first-order valence-corrected chi connectivity index (χ1v) is 11.2. The summed E-state index contributed by atoms with van der Waals surface area (Å²) in [5, 5.41) is 17.3. The van der Waals surface area contributed by atoms with Gasteiger partial charge in [-0.15, -0.1) is 0 Å². The van der Waals surface area contributed by atoms with Crippen LogP contribution in [0.15, 0.2) is 22.7 Å². The number of aryl methyl sites for hydroxylation is 2. The van der Waals surface area contributed by atoms with Crippen molar-refractivity contribution >= 4 is 23.5 Å². The van der Waals surface area contributed by atoms with E-state index in [9.17, 15) is 9.90 Å². The van der Waals surface area contributed by atoms with Crippen LogP contribution < -0.4 is 15.0 Å². The minimum atomic E-state index is -0.668. The molecule has 1 amide bonds. The van der Waals surface area contributed by atoms with Crippen molar-refractivity contribution in [2.24, 2.45) is 0 Å². The largest absolute Gasteiger partial charge is 0.491 e. The first kappa shape index (κ1) is 23.9. The van der Waals surface area contributed by atoms with Crippen molar-refractivity contribution in [2.45, 2.75) is 26.9 Å². The van der Waals surface area contributed by atoms with E-state index in [0.29, 0.717) is 63.8 Å². The Balaban J connectivity index is 1.83. The molecule has 0 radical (unpaired) electrons. The van der Waals surface area contributed by atoms with E-state index in [1.54, 1.807) is 32.2 Å². The minimum Gasteiger partial charge on any atom is -0.491 e. The zero-order chi connectivity index (χ0) is 24.4. The average molecular weight is 488 g/mol. The molecule has 2 aromatic heterocycles. The van der Waals surface area contributed by atoms with Crippen LogP contribution in [0.2, 0.25) is 5.02 Å². The summed E-state index contributed by atoms with van der Waals surface area (Å²) in [6.45, 7) is 6.63. The highest BCUT2D eigenvalue weighted by molar-refractivity contribution is 6.33. The molecule has 4 rings (SSSR count). The lowest BCUT2D eigenvalue weighted by Crippen LogP contribution is -2.29. The molecule has 1 fully saturated rings. The number of aliphatic hydroxyl groups excluding tert-OH is 1. The molecule has 1 aliphatic heterocycles. The number of cyclic esters (lactones) is 1. The predicted octanol–water partition coefficient (Wildman–Crippen LogP) is 3.29. The quantitative estimate of drug-likeness (QED) is 0.492. The first-order chi connectivity index (χ1) is 16.3. The summed E-state index contributed by atoms with van der Waals surface area (Å²) in [6, 6.07) is 5.10. The van der Waals surface area contributed by atoms with Crippen molar-refractivity contribution in [1.29, 1.82) is 0 Å². The Morgan fingerprint density at radius 2 is 2.09 bits per heavy atom. The molecule has 1 aliphatic rings. The third-order valence-electron chi connectivity index (χ3n) is 5.47. The number of carbonyl (C=O) groups is 1. The molecule has 0 bridgehead atoms. The molecule has 1 atom stereocenters. The zero-order valence-corrected chi connectivity index (χ0v) is 20.1. The fraction of sp³-hybridized carbons (Fsp3) is 0.391. The Morgan fingerprint density at radius 1 is 1.29 bits per heavy atom. The Hall–Kier alpha value is -3.21. The van der Waals surface area contributed by atoms with Crippen molar-refractivity contribution in [3.05, 3.63) is 40.2 Å². The van der Waals surface area contributed by atoms with Gasteiger partial charge in [-0.05, 0) is 46.0 Å². The number of amides is 1.